The van der Waals surface area contributed by atoms with Gasteiger partial charge in [-0.2, -0.15) is 0 Å². The maximum Gasteiger partial charge on any atom is 0.266 e. The average Bonchev–Trinajstić information content (AvgIpc) is 2.85. The molecule has 1 aliphatic rings. The second kappa shape index (κ2) is 10.3. The smallest absolute Gasteiger partial charge is 0.266 e. The molecule has 6 heteroatoms. The molecule has 36 heavy (non-hydrogen) atoms. The zero-order valence-electron chi connectivity index (χ0n) is 20.7. The van der Waals surface area contributed by atoms with Crippen LogP contribution in [-0.2, 0) is 11.2 Å². The van der Waals surface area contributed by atoms with E-state index >= 15 is 0 Å². The SMILES string of the molecule is Cc1c(Cl)cccc1-n1c(C(C)N(CCc2ccccc2)C(=O)C2CCC2)nc2ccccc2c1=O. The molecule has 1 atom stereocenters. The standard InChI is InChI=1S/C30H30ClN3O2/c1-20-25(31)15-9-17-27(20)34-28(32-26-16-7-6-14-24(26)30(34)36)21(2)33(29(35)23-12-8-13-23)19-18-22-10-4-3-5-11-22/h3-7,9-11,14-17,21,23H,8,12-13,18-19H2,1-2H3. The Morgan fingerprint density at radius 1 is 1.06 bits per heavy atom. The summed E-state index contributed by atoms with van der Waals surface area (Å²) in [7, 11) is 0. The summed E-state index contributed by atoms with van der Waals surface area (Å²) in [5.41, 5.74) is 3.12. The molecule has 5 rings (SSSR count). The van der Waals surface area contributed by atoms with Gasteiger partial charge in [-0.25, -0.2) is 4.98 Å². The van der Waals surface area contributed by atoms with Crippen LogP contribution in [0, 0.1) is 12.8 Å². The lowest BCUT2D eigenvalue weighted by Gasteiger charge is -2.36. The van der Waals surface area contributed by atoms with Crippen molar-refractivity contribution in [3.63, 3.8) is 0 Å². The van der Waals surface area contributed by atoms with E-state index in [4.69, 9.17) is 16.6 Å². The zero-order chi connectivity index (χ0) is 25.2. The van der Waals surface area contributed by atoms with Crippen molar-refractivity contribution in [2.75, 3.05) is 6.54 Å². The van der Waals surface area contributed by atoms with Crippen LogP contribution in [0.5, 0.6) is 0 Å². The molecule has 1 saturated carbocycles. The molecule has 3 aromatic carbocycles. The highest BCUT2D eigenvalue weighted by molar-refractivity contribution is 6.31. The minimum Gasteiger partial charge on any atom is -0.332 e. The number of hydrogen-bond donors (Lipinski definition) is 0. The third-order valence-corrected chi connectivity index (χ3v) is 7.75. The first-order valence-corrected chi connectivity index (χ1v) is 12.9. The topological polar surface area (TPSA) is 55.2 Å². The van der Waals surface area contributed by atoms with E-state index in [1.807, 2.05) is 73.3 Å². The maximum atomic E-state index is 13.9. The second-order valence-corrected chi connectivity index (χ2v) is 9.99. The van der Waals surface area contributed by atoms with Gasteiger partial charge in [-0.05, 0) is 68.5 Å². The lowest BCUT2D eigenvalue weighted by molar-refractivity contribution is -0.140. The molecule has 5 nitrogen and oxygen atoms in total. The number of amides is 1. The highest BCUT2D eigenvalue weighted by Crippen LogP contribution is 2.33. The van der Waals surface area contributed by atoms with E-state index < -0.39 is 6.04 Å². The van der Waals surface area contributed by atoms with Crippen LogP contribution < -0.4 is 5.56 Å². The Labute approximate surface area is 216 Å². The number of hydrogen-bond acceptors (Lipinski definition) is 3. The number of carbonyl (C=O) groups is 1. The van der Waals surface area contributed by atoms with E-state index in [2.05, 4.69) is 12.1 Å². The third kappa shape index (κ3) is 4.56. The molecular formula is C30H30ClN3O2. The molecule has 1 aliphatic carbocycles. The van der Waals surface area contributed by atoms with Crippen LogP contribution in [0.4, 0.5) is 0 Å². The lowest BCUT2D eigenvalue weighted by Crippen LogP contribution is -2.43. The summed E-state index contributed by atoms with van der Waals surface area (Å²) in [5, 5.41) is 1.12. The normalized spacial score (nSPS) is 14.4. The Bertz CT molecular complexity index is 1460. The molecule has 1 aromatic heterocycles. The molecule has 1 fully saturated rings. The average molecular weight is 500 g/mol. The van der Waals surface area contributed by atoms with Crippen molar-refractivity contribution in [2.45, 2.75) is 45.6 Å². The Kier molecular flexibility index (Phi) is 6.92. The van der Waals surface area contributed by atoms with Gasteiger partial charge in [0.1, 0.15) is 5.82 Å². The van der Waals surface area contributed by atoms with Crippen LogP contribution in [0.1, 0.15) is 49.2 Å². The molecule has 0 N–H and O–H groups in total. The first-order valence-electron chi connectivity index (χ1n) is 12.6. The van der Waals surface area contributed by atoms with Crippen LogP contribution in [0.3, 0.4) is 0 Å². The van der Waals surface area contributed by atoms with Crippen molar-refractivity contribution < 1.29 is 4.79 Å². The number of carbonyl (C=O) groups excluding carboxylic acids is 1. The quantitative estimate of drug-likeness (QED) is 0.300. The molecule has 0 spiro atoms. The Balaban J connectivity index is 1.64. The first kappa shape index (κ1) is 24.3. The van der Waals surface area contributed by atoms with Crippen LogP contribution >= 0.6 is 11.6 Å². The van der Waals surface area contributed by atoms with Gasteiger partial charge in [0.05, 0.1) is 22.6 Å². The van der Waals surface area contributed by atoms with Gasteiger partial charge < -0.3 is 4.90 Å². The largest absolute Gasteiger partial charge is 0.332 e. The molecule has 0 aliphatic heterocycles. The Hall–Kier alpha value is -3.44. The molecule has 1 amide bonds. The van der Waals surface area contributed by atoms with E-state index in [9.17, 15) is 9.59 Å². The van der Waals surface area contributed by atoms with Crippen molar-refractivity contribution in [2.24, 2.45) is 5.92 Å². The summed E-state index contributed by atoms with van der Waals surface area (Å²) in [6.45, 7) is 4.44. The van der Waals surface area contributed by atoms with E-state index in [-0.39, 0.29) is 17.4 Å². The minimum atomic E-state index is -0.405. The van der Waals surface area contributed by atoms with Crippen LogP contribution in [0.2, 0.25) is 5.02 Å². The Morgan fingerprint density at radius 2 is 1.78 bits per heavy atom. The fourth-order valence-corrected chi connectivity index (χ4v) is 5.09. The zero-order valence-corrected chi connectivity index (χ0v) is 21.4. The Morgan fingerprint density at radius 3 is 2.50 bits per heavy atom. The summed E-state index contributed by atoms with van der Waals surface area (Å²) in [6.07, 6.45) is 3.65. The van der Waals surface area contributed by atoms with Crippen molar-refractivity contribution >= 4 is 28.4 Å². The first-order chi connectivity index (χ1) is 17.5. The summed E-state index contributed by atoms with van der Waals surface area (Å²) < 4.78 is 1.65. The van der Waals surface area contributed by atoms with Gasteiger partial charge in [0.2, 0.25) is 5.91 Å². The van der Waals surface area contributed by atoms with Gasteiger partial charge in [-0.15, -0.1) is 0 Å². The lowest BCUT2D eigenvalue weighted by atomic mass is 9.84. The number of para-hydroxylation sites is 1. The monoisotopic (exact) mass is 499 g/mol. The number of rotatable bonds is 7. The summed E-state index contributed by atoms with van der Waals surface area (Å²) >= 11 is 6.46. The van der Waals surface area contributed by atoms with Gasteiger partial charge >= 0.3 is 0 Å². The van der Waals surface area contributed by atoms with E-state index in [0.717, 1.165) is 31.2 Å². The number of nitrogens with zero attached hydrogens (tertiary/aromatic N) is 3. The molecule has 1 unspecified atom stereocenters. The summed E-state index contributed by atoms with van der Waals surface area (Å²) in [5.74, 6) is 0.725. The minimum absolute atomic E-state index is 0.0387. The van der Waals surface area contributed by atoms with Crippen LogP contribution in [-0.4, -0.2) is 26.9 Å². The molecule has 0 radical (unpaired) electrons. The number of halogens is 1. The van der Waals surface area contributed by atoms with Gasteiger partial charge in [0.25, 0.3) is 5.56 Å². The molecule has 0 bridgehead atoms. The second-order valence-electron chi connectivity index (χ2n) is 9.58. The van der Waals surface area contributed by atoms with Crippen molar-refractivity contribution in [1.82, 2.24) is 14.5 Å². The number of benzene rings is 3. The molecule has 1 heterocycles. The molecular weight excluding hydrogens is 470 g/mol. The number of aromatic nitrogens is 2. The fraction of sp³-hybridized carbons (Fsp3) is 0.300. The predicted molar refractivity (Wildman–Crippen MR) is 145 cm³/mol. The van der Waals surface area contributed by atoms with Gasteiger partial charge in [0, 0.05) is 17.5 Å². The predicted octanol–water partition coefficient (Wildman–Crippen LogP) is 6.28. The highest BCUT2D eigenvalue weighted by atomic mass is 35.5. The van der Waals surface area contributed by atoms with E-state index in [1.165, 1.54) is 5.56 Å². The molecule has 0 saturated heterocycles. The van der Waals surface area contributed by atoms with E-state index in [1.54, 1.807) is 10.6 Å². The van der Waals surface area contributed by atoms with Crippen LogP contribution in [0.25, 0.3) is 16.6 Å². The van der Waals surface area contributed by atoms with Crippen molar-refractivity contribution in [1.29, 1.82) is 0 Å². The number of fused-ring (bicyclic) bond motifs is 1. The van der Waals surface area contributed by atoms with Crippen LogP contribution in [0.15, 0.2) is 77.6 Å². The van der Waals surface area contributed by atoms with Gasteiger partial charge in [-0.3, -0.25) is 14.2 Å². The maximum absolute atomic E-state index is 13.9. The van der Waals surface area contributed by atoms with Crippen molar-refractivity contribution in [3.8, 4) is 5.69 Å². The fourth-order valence-electron chi connectivity index (χ4n) is 4.92. The van der Waals surface area contributed by atoms with Gasteiger partial charge in [-0.1, -0.05) is 66.6 Å². The van der Waals surface area contributed by atoms with E-state index in [0.29, 0.717) is 34.0 Å². The third-order valence-electron chi connectivity index (χ3n) is 7.34. The summed E-state index contributed by atoms with van der Waals surface area (Å²) in [6, 6.07) is 22.7. The molecule has 4 aromatic rings. The highest BCUT2D eigenvalue weighted by Gasteiger charge is 2.34. The summed E-state index contributed by atoms with van der Waals surface area (Å²) in [4.78, 5) is 34.4. The van der Waals surface area contributed by atoms with Crippen molar-refractivity contribution in [3.05, 3.63) is 105 Å². The van der Waals surface area contributed by atoms with Gasteiger partial charge in [0.15, 0.2) is 0 Å². The molecule has 184 valence electrons.